The van der Waals surface area contributed by atoms with E-state index in [1.807, 2.05) is 24.3 Å². The molecule has 2 N–H and O–H groups in total. The van der Waals surface area contributed by atoms with E-state index in [0.29, 0.717) is 19.6 Å². The summed E-state index contributed by atoms with van der Waals surface area (Å²) < 4.78 is 6.08. The molecular formula is C11H13BrN2O2. The zero-order valence-corrected chi connectivity index (χ0v) is 10.3. The zero-order valence-electron chi connectivity index (χ0n) is 8.73. The van der Waals surface area contributed by atoms with E-state index in [-0.39, 0.29) is 12.2 Å². The van der Waals surface area contributed by atoms with E-state index < -0.39 is 0 Å². The van der Waals surface area contributed by atoms with Crippen molar-refractivity contribution in [3.63, 3.8) is 0 Å². The Hall–Kier alpha value is -1.07. The van der Waals surface area contributed by atoms with E-state index in [4.69, 9.17) is 10.5 Å². The molecule has 1 aromatic rings. The second-order valence-corrected chi connectivity index (χ2v) is 4.57. The van der Waals surface area contributed by atoms with Gasteiger partial charge in [-0.15, -0.1) is 0 Å². The van der Waals surface area contributed by atoms with Crippen molar-refractivity contribution in [2.24, 2.45) is 5.73 Å². The van der Waals surface area contributed by atoms with Crippen LogP contribution in [0.1, 0.15) is 5.56 Å². The molecule has 0 unspecified atom stereocenters. The summed E-state index contributed by atoms with van der Waals surface area (Å²) in [7, 11) is 0. The fourth-order valence-corrected chi connectivity index (χ4v) is 2.07. The summed E-state index contributed by atoms with van der Waals surface area (Å²) in [5.41, 5.74) is 6.54. The number of hydrogen-bond acceptors (Lipinski definition) is 3. The first-order valence-electron chi connectivity index (χ1n) is 5.09. The first-order valence-corrected chi connectivity index (χ1v) is 5.89. The third-order valence-corrected chi connectivity index (χ3v) is 3.31. The standard InChI is InChI=1S/C11H13BrN2O2/c12-10-4-2-1-3-8(10)6-14-7-9(5-13)16-11(14)15/h1-4,9H,5-7,13H2/t9-/m0/s1. The van der Waals surface area contributed by atoms with Gasteiger partial charge in [0.15, 0.2) is 0 Å². The number of benzene rings is 1. The maximum atomic E-state index is 11.5. The van der Waals surface area contributed by atoms with E-state index in [9.17, 15) is 4.79 Å². The van der Waals surface area contributed by atoms with Gasteiger partial charge in [0.1, 0.15) is 6.10 Å². The van der Waals surface area contributed by atoms with Gasteiger partial charge in [-0.05, 0) is 11.6 Å². The summed E-state index contributed by atoms with van der Waals surface area (Å²) in [5.74, 6) is 0. The Morgan fingerprint density at radius 1 is 1.50 bits per heavy atom. The molecule has 1 atom stereocenters. The summed E-state index contributed by atoms with van der Waals surface area (Å²) in [6.07, 6.45) is -0.457. The van der Waals surface area contributed by atoms with Gasteiger partial charge in [0, 0.05) is 11.0 Å². The van der Waals surface area contributed by atoms with Gasteiger partial charge in [0.05, 0.1) is 13.1 Å². The predicted octanol–water partition coefficient (Wildman–Crippen LogP) is 1.73. The lowest BCUT2D eigenvalue weighted by atomic mass is 10.2. The van der Waals surface area contributed by atoms with Crippen LogP contribution in [-0.4, -0.2) is 30.2 Å². The van der Waals surface area contributed by atoms with Crippen LogP contribution >= 0.6 is 15.9 Å². The number of amides is 1. The van der Waals surface area contributed by atoms with E-state index >= 15 is 0 Å². The Balaban J connectivity index is 2.06. The third kappa shape index (κ3) is 2.36. The SMILES string of the molecule is NC[C@H]1CN(Cc2ccccc2Br)C(=O)O1. The van der Waals surface area contributed by atoms with Crippen LogP contribution < -0.4 is 5.73 Å². The van der Waals surface area contributed by atoms with Crippen LogP contribution in [0.5, 0.6) is 0 Å². The Kier molecular flexibility index (Phi) is 3.46. The number of carbonyl (C=O) groups is 1. The van der Waals surface area contributed by atoms with Gasteiger partial charge >= 0.3 is 6.09 Å². The lowest BCUT2D eigenvalue weighted by molar-refractivity contribution is 0.134. The quantitative estimate of drug-likeness (QED) is 0.920. The summed E-state index contributed by atoms with van der Waals surface area (Å²) in [5, 5.41) is 0. The highest BCUT2D eigenvalue weighted by Gasteiger charge is 2.30. The zero-order chi connectivity index (χ0) is 11.5. The molecule has 1 aromatic carbocycles. The normalized spacial score (nSPS) is 20.0. The highest BCUT2D eigenvalue weighted by Crippen LogP contribution is 2.20. The molecule has 16 heavy (non-hydrogen) atoms. The van der Waals surface area contributed by atoms with Crippen LogP contribution in [-0.2, 0) is 11.3 Å². The number of carbonyl (C=O) groups excluding carboxylic acids is 1. The molecule has 4 nitrogen and oxygen atoms in total. The summed E-state index contributed by atoms with van der Waals surface area (Å²) >= 11 is 3.45. The molecule has 1 saturated heterocycles. The Labute approximate surface area is 102 Å². The number of nitrogens with two attached hydrogens (primary N) is 1. The van der Waals surface area contributed by atoms with Gasteiger partial charge < -0.3 is 15.4 Å². The summed E-state index contributed by atoms with van der Waals surface area (Å²) in [4.78, 5) is 13.2. The fourth-order valence-electron chi connectivity index (χ4n) is 1.66. The molecule has 1 aliphatic rings. The van der Waals surface area contributed by atoms with Gasteiger partial charge in [-0.1, -0.05) is 34.1 Å². The largest absolute Gasteiger partial charge is 0.443 e. The minimum Gasteiger partial charge on any atom is -0.443 e. The lowest BCUT2D eigenvalue weighted by Gasteiger charge is -2.13. The van der Waals surface area contributed by atoms with Gasteiger partial charge in [0.2, 0.25) is 0 Å². The second-order valence-electron chi connectivity index (χ2n) is 3.71. The number of rotatable bonds is 3. The van der Waals surface area contributed by atoms with Crippen molar-refractivity contribution in [1.82, 2.24) is 4.90 Å². The number of ether oxygens (including phenoxy) is 1. The van der Waals surface area contributed by atoms with Crippen LogP contribution in [0.15, 0.2) is 28.7 Å². The maximum Gasteiger partial charge on any atom is 0.410 e. The molecule has 1 aliphatic heterocycles. The molecule has 1 amide bonds. The molecular weight excluding hydrogens is 272 g/mol. The Morgan fingerprint density at radius 3 is 2.88 bits per heavy atom. The van der Waals surface area contributed by atoms with Crippen LogP contribution in [0.2, 0.25) is 0 Å². The summed E-state index contributed by atoms with van der Waals surface area (Å²) in [6, 6.07) is 7.82. The van der Waals surface area contributed by atoms with Crippen LogP contribution in [0.3, 0.4) is 0 Å². The first-order chi connectivity index (χ1) is 7.70. The first kappa shape index (κ1) is 11.4. The fraction of sp³-hybridized carbons (Fsp3) is 0.364. The van der Waals surface area contributed by atoms with Crippen LogP contribution in [0.4, 0.5) is 4.79 Å². The van der Waals surface area contributed by atoms with Gasteiger partial charge in [-0.25, -0.2) is 4.79 Å². The maximum absolute atomic E-state index is 11.5. The molecule has 0 saturated carbocycles. The topological polar surface area (TPSA) is 55.6 Å². The minimum atomic E-state index is -0.286. The minimum absolute atomic E-state index is 0.171. The van der Waals surface area contributed by atoms with E-state index in [1.54, 1.807) is 4.90 Å². The Morgan fingerprint density at radius 2 is 2.25 bits per heavy atom. The molecule has 2 rings (SSSR count). The molecule has 86 valence electrons. The van der Waals surface area contributed by atoms with Gasteiger partial charge in [0.25, 0.3) is 0 Å². The predicted molar refractivity (Wildman–Crippen MR) is 63.9 cm³/mol. The van der Waals surface area contributed by atoms with Crippen molar-refractivity contribution in [2.45, 2.75) is 12.6 Å². The van der Waals surface area contributed by atoms with E-state index in [1.165, 1.54) is 0 Å². The summed E-state index contributed by atoms with van der Waals surface area (Å²) in [6.45, 7) is 1.49. The number of cyclic esters (lactones) is 1. The molecule has 5 heteroatoms. The highest BCUT2D eigenvalue weighted by atomic mass is 79.9. The lowest BCUT2D eigenvalue weighted by Crippen LogP contribution is -2.27. The van der Waals surface area contributed by atoms with Gasteiger partial charge in [-0.2, -0.15) is 0 Å². The Bertz CT molecular complexity index is 397. The van der Waals surface area contributed by atoms with Crippen molar-refractivity contribution >= 4 is 22.0 Å². The molecule has 0 aliphatic carbocycles. The van der Waals surface area contributed by atoms with Crippen molar-refractivity contribution in [3.05, 3.63) is 34.3 Å². The average Bonchev–Trinajstić information content (AvgIpc) is 2.63. The molecule has 0 spiro atoms. The molecule has 0 bridgehead atoms. The molecule has 1 fully saturated rings. The van der Waals surface area contributed by atoms with Crippen LogP contribution in [0, 0.1) is 0 Å². The average molecular weight is 285 g/mol. The smallest absolute Gasteiger partial charge is 0.410 e. The van der Waals surface area contributed by atoms with Gasteiger partial charge in [-0.3, -0.25) is 0 Å². The van der Waals surface area contributed by atoms with Crippen LogP contribution in [0.25, 0.3) is 0 Å². The number of hydrogen-bond donors (Lipinski definition) is 1. The van der Waals surface area contributed by atoms with Crippen molar-refractivity contribution in [2.75, 3.05) is 13.1 Å². The van der Waals surface area contributed by atoms with Crippen molar-refractivity contribution in [1.29, 1.82) is 0 Å². The third-order valence-electron chi connectivity index (χ3n) is 2.53. The monoisotopic (exact) mass is 284 g/mol. The highest BCUT2D eigenvalue weighted by molar-refractivity contribution is 9.10. The van der Waals surface area contributed by atoms with Crippen molar-refractivity contribution < 1.29 is 9.53 Å². The molecule has 0 radical (unpaired) electrons. The molecule has 1 heterocycles. The molecule has 0 aromatic heterocycles. The van der Waals surface area contributed by atoms with Crippen molar-refractivity contribution in [3.8, 4) is 0 Å². The van der Waals surface area contributed by atoms with E-state index in [2.05, 4.69) is 15.9 Å². The second kappa shape index (κ2) is 4.84. The number of nitrogens with zero attached hydrogens (tertiary/aromatic N) is 1. The number of halogens is 1. The van der Waals surface area contributed by atoms with E-state index in [0.717, 1.165) is 10.0 Å².